The third kappa shape index (κ3) is 2.96. The van der Waals surface area contributed by atoms with Gasteiger partial charge < -0.3 is 11.1 Å². The highest BCUT2D eigenvalue weighted by atomic mass is 14.9. The van der Waals surface area contributed by atoms with Crippen molar-refractivity contribution in [1.82, 2.24) is 5.32 Å². The van der Waals surface area contributed by atoms with Gasteiger partial charge in [0.25, 0.3) is 0 Å². The summed E-state index contributed by atoms with van der Waals surface area (Å²) in [5.41, 5.74) is 5.55. The second kappa shape index (κ2) is 4.63. The highest BCUT2D eigenvalue weighted by Crippen LogP contribution is 2.44. The molecule has 3 N–H and O–H groups in total. The van der Waals surface area contributed by atoms with Crippen LogP contribution < -0.4 is 11.1 Å². The standard InChI is InChI=1S/C12H24N2/c1-9(6-7-13)8-14-12(10-2-3-10)11-4-5-11/h9-12,14H,2-8,13H2,1H3. The van der Waals surface area contributed by atoms with E-state index in [0.717, 1.165) is 36.8 Å². The van der Waals surface area contributed by atoms with E-state index >= 15 is 0 Å². The first-order valence-corrected chi connectivity index (χ1v) is 6.24. The molecule has 1 unspecified atom stereocenters. The third-order valence-electron chi connectivity index (χ3n) is 3.62. The maximum Gasteiger partial charge on any atom is 0.0124 e. The highest BCUT2D eigenvalue weighted by Gasteiger charge is 2.40. The molecule has 0 spiro atoms. The van der Waals surface area contributed by atoms with E-state index in [4.69, 9.17) is 5.73 Å². The van der Waals surface area contributed by atoms with Crippen LogP contribution in [0, 0.1) is 17.8 Å². The molecule has 0 aromatic rings. The van der Waals surface area contributed by atoms with Crippen molar-refractivity contribution in [3.63, 3.8) is 0 Å². The predicted molar refractivity (Wildman–Crippen MR) is 60.1 cm³/mol. The molecule has 0 bridgehead atoms. The second-order valence-electron chi connectivity index (χ2n) is 5.29. The van der Waals surface area contributed by atoms with E-state index in [2.05, 4.69) is 12.2 Å². The summed E-state index contributed by atoms with van der Waals surface area (Å²) in [5, 5.41) is 3.77. The molecule has 2 heteroatoms. The van der Waals surface area contributed by atoms with Gasteiger partial charge in [-0.05, 0) is 62.9 Å². The van der Waals surface area contributed by atoms with Gasteiger partial charge in [0, 0.05) is 6.04 Å². The van der Waals surface area contributed by atoms with E-state index in [9.17, 15) is 0 Å². The van der Waals surface area contributed by atoms with Crippen LogP contribution in [0.3, 0.4) is 0 Å². The Kier molecular flexibility index (Phi) is 3.45. The maximum atomic E-state index is 5.55. The van der Waals surface area contributed by atoms with Crippen molar-refractivity contribution in [3.8, 4) is 0 Å². The molecular weight excluding hydrogens is 172 g/mol. The van der Waals surface area contributed by atoms with E-state index in [-0.39, 0.29) is 0 Å². The lowest BCUT2D eigenvalue weighted by Gasteiger charge is -2.20. The molecule has 82 valence electrons. The van der Waals surface area contributed by atoms with Crippen LogP contribution in [-0.4, -0.2) is 19.1 Å². The Labute approximate surface area is 87.6 Å². The normalized spacial score (nSPS) is 24.2. The van der Waals surface area contributed by atoms with Gasteiger partial charge in [0.05, 0.1) is 0 Å². The largest absolute Gasteiger partial charge is 0.330 e. The van der Waals surface area contributed by atoms with Gasteiger partial charge in [-0.25, -0.2) is 0 Å². The Morgan fingerprint density at radius 1 is 1.21 bits per heavy atom. The van der Waals surface area contributed by atoms with Gasteiger partial charge in [0.15, 0.2) is 0 Å². The fourth-order valence-corrected chi connectivity index (χ4v) is 2.35. The number of hydrogen-bond acceptors (Lipinski definition) is 2. The lowest BCUT2D eigenvalue weighted by Crippen LogP contribution is -2.36. The smallest absolute Gasteiger partial charge is 0.0124 e. The zero-order chi connectivity index (χ0) is 9.97. The van der Waals surface area contributed by atoms with E-state index in [1.165, 1.54) is 32.2 Å². The molecule has 0 aromatic heterocycles. The molecule has 0 amide bonds. The van der Waals surface area contributed by atoms with Crippen molar-refractivity contribution in [1.29, 1.82) is 0 Å². The number of nitrogens with one attached hydrogen (secondary N) is 1. The van der Waals surface area contributed by atoms with Gasteiger partial charge >= 0.3 is 0 Å². The summed E-state index contributed by atoms with van der Waals surface area (Å²) in [6, 6.07) is 0.857. The second-order valence-corrected chi connectivity index (χ2v) is 5.29. The van der Waals surface area contributed by atoms with E-state index in [1.54, 1.807) is 0 Å². The number of rotatable bonds is 7. The molecular formula is C12H24N2. The molecule has 0 aromatic carbocycles. The summed E-state index contributed by atoms with van der Waals surface area (Å²) >= 11 is 0. The van der Waals surface area contributed by atoms with Gasteiger partial charge in [-0.15, -0.1) is 0 Å². The van der Waals surface area contributed by atoms with Crippen LogP contribution in [0.2, 0.25) is 0 Å². The monoisotopic (exact) mass is 196 g/mol. The average molecular weight is 196 g/mol. The summed E-state index contributed by atoms with van der Waals surface area (Å²) in [5.74, 6) is 2.79. The SMILES string of the molecule is CC(CCN)CNC(C1CC1)C1CC1. The first kappa shape index (κ1) is 10.4. The molecule has 2 aliphatic rings. The predicted octanol–water partition coefficient (Wildman–Crippen LogP) is 1.75. The number of hydrogen-bond donors (Lipinski definition) is 2. The van der Waals surface area contributed by atoms with E-state index in [1.807, 2.05) is 0 Å². The Balaban J connectivity index is 1.66. The minimum Gasteiger partial charge on any atom is -0.330 e. The molecule has 0 saturated heterocycles. The minimum atomic E-state index is 0.750. The first-order valence-electron chi connectivity index (χ1n) is 6.24. The Morgan fingerprint density at radius 2 is 1.79 bits per heavy atom. The van der Waals surface area contributed by atoms with Crippen LogP contribution in [0.25, 0.3) is 0 Å². The molecule has 2 fully saturated rings. The van der Waals surface area contributed by atoms with E-state index in [0.29, 0.717) is 0 Å². The van der Waals surface area contributed by atoms with Crippen LogP contribution in [-0.2, 0) is 0 Å². The Hall–Kier alpha value is -0.0800. The molecule has 0 radical (unpaired) electrons. The lowest BCUT2D eigenvalue weighted by atomic mass is 10.0. The summed E-state index contributed by atoms with van der Waals surface area (Å²) in [4.78, 5) is 0. The van der Waals surface area contributed by atoms with Crippen LogP contribution in [0.1, 0.15) is 39.0 Å². The summed E-state index contributed by atoms with van der Waals surface area (Å²) < 4.78 is 0. The zero-order valence-electron chi connectivity index (χ0n) is 9.34. The molecule has 0 heterocycles. The van der Waals surface area contributed by atoms with Crippen LogP contribution >= 0.6 is 0 Å². The lowest BCUT2D eigenvalue weighted by molar-refractivity contribution is 0.374. The third-order valence-corrected chi connectivity index (χ3v) is 3.62. The molecule has 1 atom stereocenters. The van der Waals surface area contributed by atoms with Crippen LogP contribution in [0.15, 0.2) is 0 Å². The van der Waals surface area contributed by atoms with Gasteiger partial charge in [0.1, 0.15) is 0 Å². The number of nitrogens with two attached hydrogens (primary N) is 1. The van der Waals surface area contributed by atoms with Gasteiger partial charge in [0.2, 0.25) is 0 Å². The fraction of sp³-hybridized carbons (Fsp3) is 1.00. The molecule has 14 heavy (non-hydrogen) atoms. The first-order chi connectivity index (χ1) is 6.81. The van der Waals surface area contributed by atoms with Crippen molar-refractivity contribution in [2.75, 3.05) is 13.1 Å². The molecule has 0 aliphatic heterocycles. The van der Waals surface area contributed by atoms with Gasteiger partial charge in [-0.1, -0.05) is 6.92 Å². The average Bonchev–Trinajstić information content (AvgIpc) is 3.01. The quantitative estimate of drug-likeness (QED) is 0.651. The highest BCUT2D eigenvalue weighted by molar-refractivity contribution is 4.96. The van der Waals surface area contributed by atoms with Crippen molar-refractivity contribution in [3.05, 3.63) is 0 Å². The molecule has 2 nitrogen and oxygen atoms in total. The van der Waals surface area contributed by atoms with Gasteiger partial charge in [-0.2, -0.15) is 0 Å². The Morgan fingerprint density at radius 3 is 2.21 bits per heavy atom. The van der Waals surface area contributed by atoms with Gasteiger partial charge in [-0.3, -0.25) is 0 Å². The van der Waals surface area contributed by atoms with Crippen molar-refractivity contribution >= 4 is 0 Å². The minimum absolute atomic E-state index is 0.750. The molecule has 2 saturated carbocycles. The van der Waals surface area contributed by atoms with Crippen molar-refractivity contribution in [2.24, 2.45) is 23.5 Å². The van der Waals surface area contributed by atoms with E-state index < -0.39 is 0 Å². The topological polar surface area (TPSA) is 38.0 Å². The fourth-order valence-electron chi connectivity index (χ4n) is 2.35. The van der Waals surface area contributed by atoms with Crippen molar-refractivity contribution in [2.45, 2.75) is 45.1 Å². The molecule has 2 aliphatic carbocycles. The molecule has 2 rings (SSSR count). The zero-order valence-corrected chi connectivity index (χ0v) is 9.34. The summed E-state index contributed by atoms with van der Waals surface area (Å²) in [6.07, 6.45) is 7.05. The maximum absolute atomic E-state index is 5.55. The van der Waals surface area contributed by atoms with Crippen molar-refractivity contribution < 1.29 is 0 Å². The summed E-state index contributed by atoms with van der Waals surface area (Å²) in [6.45, 7) is 4.31. The van der Waals surface area contributed by atoms with Crippen LogP contribution in [0.4, 0.5) is 0 Å². The van der Waals surface area contributed by atoms with Crippen LogP contribution in [0.5, 0.6) is 0 Å². The summed E-state index contributed by atoms with van der Waals surface area (Å²) in [7, 11) is 0. The Bertz CT molecular complexity index is 161.